The van der Waals surface area contributed by atoms with E-state index >= 15 is 0 Å². The van der Waals surface area contributed by atoms with Crippen molar-refractivity contribution >= 4 is 17.9 Å². The fourth-order valence-corrected chi connectivity index (χ4v) is 2.92. The zero-order valence-electron chi connectivity index (χ0n) is 11.2. The molecule has 0 spiro atoms. The van der Waals surface area contributed by atoms with Crippen molar-refractivity contribution in [3.05, 3.63) is 29.8 Å². The van der Waals surface area contributed by atoms with Gasteiger partial charge in [-0.1, -0.05) is 6.07 Å². The van der Waals surface area contributed by atoms with Crippen LogP contribution in [0.25, 0.3) is 0 Å². The van der Waals surface area contributed by atoms with E-state index in [0.717, 1.165) is 18.0 Å². The molecule has 1 aliphatic rings. The first kappa shape index (κ1) is 13.9. The van der Waals surface area contributed by atoms with Crippen LogP contribution < -0.4 is 0 Å². The Balaban J connectivity index is 2.00. The van der Waals surface area contributed by atoms with Gasteiger partial charge in [0.1, 0.15) is 0 Å². The van der Waals surface area contributed by atoms with Gasteiger partial charge in [-0.3, -0.25) is 4.79 Å². The zero-order valence-corrected chi connectivity index (χ0v) is 12.0. The minimum absolute atomic E-state index is 0.0449. The van der Waals surface area contributed by atoms with Crippen molar-refractivity contribution < 1.29 is 4.79 Å². The molecule has 0 saturated carbocycles. The monoisotopic (exact) mass is 275 g/mol. The number of hydrogen-bond acceptors (Lipinski definition) is 4. The summed E-state index contributed by atoms with van der Waals surface area (Å²) in [5.74, 6) is 0.201. The summed E-state index contributed by atoms with van der Waals surface area (Å²) in [6.45, 7) is 4.26. The van der Waals surface area contributed by atoms with Crippen LogP contribution in [0.4, 0.5) is 0 Å². The summed E-state index contributed by atoms with van der Waals surface area (Å²) in [7, 11) is 1.80. The molecule has 0 aromatic heterocycles. The molecule has 1 amide bonds. The summed E-state index contributed by atoms with van der Waals surface area (Å²) < 4.78 is 2.14. The molecule has 5 heteroatoms. The van der Waals surface area contributed by atoms with Crippen LogP contribution >= 0.6 is 11.9 Å². The Morgan fingerprint density at radius 2 is 2.32 bits per heavy atom. The molecule has 0 bridgehead atoms. The summed E-state index contributed by atoms with van der Waals surface area (Å²) in [6, 6.07) is 9.91. The molecule has 1 aromatic rings. The van der Waals surface area contributed by atoms with Gasteiger partial charge < -0.3 is 4.90 Å². The van der Waals surface area contributed by atoms with Crippen molar-refractivity contribution in [1.82, 2.24) is 9.21 Å². The Bertz CT molecular complexity index is 506. The van der Waals surface area contributed by atoms with Gasteiger partial charge in [0.15, 0.2) is 0 Å². The third-order valence-electron chi connectivity index (χ3n) is 3.17. The van der Waals surface area contributed by atoms with Crippen molar-refractivity contribution in [1.29, 1.82) is 5.26 Å². The third kappa shape index (κ3) is 3.28. The average molecular weight is 275 g/mol. The topological polar surface area (TPSA) is 47.3 Å². The maximum atomic E-state index is 12.1. The lowest BCUT2D eigenvalue weighted by Crippen LogP contribution is -2.40. The first-order valence-corrected chi connectivity index (χ1v) is 7.09. The van der Waals surface area contributed by atoms with Gasteiger partial charge in [-0.25, -0.2) is 4.31 Å². The van der Waals surface area contributed by atoms with Crippen LogP contribution in [0, 0.1) is 17.2 Å². The Morgan fingerprint density at radius 1 is 1.58 bits per heavy atom. The number of carbonyl (C=O) groups is 1. The molecule has 1 heterocycles. The van der Waals surface area contributed by atoms with Gasteiger partial charge >= 0.3 is 0 Å². The van der Waals surface area contributed by atoms with Gasteiger partial charge in [0.05, 0.1) is 12.0 Å². The molecule has 4 nitrogen and oxygen atoms in total. The van der Waals surface area contributed by atoms with Crippen molar-refractivity contribution in [3.8, 4) is 6.07 Å². The second kappa shape index (κ2) is 6.09. The van der Waals surface area contributed by atoms with Crippen molar-refractivity contribution in [2.75, 3.05) is 26.7 Å². The van der Waals surface area contributed by atoms with Crippen molar-refractivity contribution in [2.24, 2.45) is 5.92 Å². The highest BCUT2D eigenvalue weighted by molar-refractivity contribution is 7.97. The van der Waals surface area contributed by atoms with E-state index in [1.165, 1.54) is 0 Å². The molecule has 0 N–H and O–H groups in total. The normalized spacial score (nSPS) is 15.6. The highest BCUT2D eigenvalue weighted by atomic mass is 32.2. The Hall–Kier alpha value is -1.51. The lowest BCUT2D eigenvalue weighted by atomic mass is 10.1. The fourth-order valence-electron chi connectivity index (χ4n) is 1.79. The summed E-state index contributed by atoms with van der Waals surface area (Å²) >= 11 is 1.61. The standard InChI is InChI=1S/C14H17N3OS/c1-3-16(2)14(18)12-5-4-6-13(7-12)19-17-9-11(8-15)10-17/h4-7,11H,3,9-10H2,1-2H3. The molecule has 2 rings (SSSR count). The molecule has 1 fully saturated rings. The highest BCUT2D eigenvalue weighted by Gasteiger charge is 2.27. The van der Waals surface area contributed by atoms with E-state index < -0.39 is 0 Å². The molecule has 1 saturated heterocycles. The number of nitrogens with zero attached hydrogens (tertiary/aromatic N) is 3. The number of amides is 1. The number of rotatable bonds is 4. The van der Waals surface area contributed by atoms with Crippen LogP contribution in [0.15, 0.2) is 29.2 Å². The summed E-state index contributed by atoms with van der Waals surface area (Å²) in [5.41, 5.74) is 0.715. The van der Waals surface area contributed by atoms with Gasteiger partial charge in [0.2, 0.25) is 0 Å². The predicted octanol–water partition coefficient (Wildman–Crippen LogP) is 2.24. The zero-order chi connectivity index (χ0) is 13.8. The molecule has 0 unspecified atom stereocenters. The predicted molar refractivity (Wildman–Crippen MR) is 75.6 cm³/mol. The van der Waals surface area contributed by atoms with E-state index in [1.54, 1.807) is 23.9 Å². The van der Waals surface area contributed by atoms with E-state index in [0.29, 0.717) is 12.1 Å². The maximum Gasteiger partial charge on any atom is 0.253 e. The number of hydrogen-bond donors (Lipinski definition) is 0. The Labute approximate surface area is 118 Å². The number of benzene rings is 1. The van der Waals surface area contributed by atoms with Crippen LogP contribution in [-0.4, -0.2) is 41.8 Å². The van der Waals surface area contributed by atoms with Gasteiger partial charge in [0.25, 0.3) is 5.91 Å². The molecule has 100 valence electrons. The molecule has 0 radical (unpaired) electrons. The van der Waals surface area contributed by atoms with E-state index in [9.17, 15) is 4.79 Å². The van der Waals surface area contributed by atoms with E-state index in [1.807, 2.05) is 31.2 Å². The lowest BCUT2D eigenvalue weighted by molar-refractivity contribution is 0.0802. The number of carbonyl (C=O) groups excluding carboxylic acids is 1. The minimum atomic E-state index is 0.0449. The Kier molecular flexibility index (Phi) is 4.46. The summed E-state index contributed by atoms with van der Waals surface area (Å²) in [4.78, 5) is 14.8. The van der Waals surface area contributed by atoms with E-state index in [2.05, 4.69) is 10.4 Å². The molecular weight excluding hydrogens is 258 g/mol. The van der Waals surface area contributed by atoms with E-state index in [4.69, 9.17) is 5.26 Å². The Morgan fingerprint density at radius 3 is 2.95 bits per heavy atom. The average Bonchev–Trinajstić information content (AvgIpc) is 2.40. The van der Waals surface area contributed by atoms with E-state index in [-0.39, 0.29) is 11.8 Å². The van der Waals surface area contributed by atoms with Crippen molar-refractivity contribution in [3.63, 3.8) is 0 Å². The smallest absolute Gasteiger partial charge is 0.253 e. The summed E-state index contributed by atoms with van der Waals surface area (Å²) in [5, 5.41) is 8.74. The third-order valence-corrected chi connectivity index (χ3v) is 4.19. The quantitative estimate of drug-likeness (QED) is 0.791. The van der Waals surface area contributed by atoms with Gasteiger partial charge in [-0.2, -0.15) is 5.26 Å². The van der Waals surface area contributed by atoms with Crippen LogP contribution in [0.1, 0.15) is 17.3 Å². The second-order valence-corrected chi connectivity index (χ2v) is 5.78. The maximum absolute atomic E-state index is 12.1. The van der Waals surface area contributed by atoms with Gasteiger partial charge in [-0.15, -0.1) is 0 Å². The lowest BCUT2D eigenvalue weighted by Gasteiger charge is -2.33. The summed E-state index contributed by atoms with van der Waals surface area (Å²) in [6.07, 6.45) is 0. The minimum Gasteiger partial charge on any atom is -0.342 e. The molecule has 0 atom stereocenters. The van der Waals surface area contributed by atoms with Crippen LogP contribution in [0.3, 0.4) is 0 Å². The molecule has 0 aliphatic carbocycles. The second-order valence-electron chi connectivity index (χ2n) is 4.61. The van der Waals surface area contributed by atoms with Crippen LogP contribution in [0.5, 0.6) is 0 Å². The molecule has 1 aliphatic heterocycles. The van der Waals surface area contributed by atoms with Gasteiger partial charge in [-0.05, 0) is 37.1 Å². The van der Waals surface area contributed by atoms with Crippen LogP contribution in [0.2, 0.25) is 0 Å². The first-order valence-electron chi connectivity index (χ1n) is 6.32. The van der Waals surface area contributed by atoms with Crippen LogP contribution in [-0.2, 0) is 0 Å². The van der Waals surface area contributed by atoms with Gasteiger partial charge in [0, 0.05) is 37.1 Å². The SMILES string of the molecule is CCN(C)C(=O)c1cccc(SN2CC(C#N)C2)c1. The molecular formula is C14H17N3OS. The first-order chi connectivity index (χ1) is 9.13. The fraction of sp³-hybridized carbons (Fsp3) is 0.429. The highest BCUT2D eigenvalue weighted by Crippen LogP contribution is 2.30. The largest absolute Gasteiger partial charge is 0.342 e. The molecule has 1 aromatic carbocycles. The number of nitriles is 1. The molecule has 19 heavy (non-hydrogen) atoms. The van der Waals surface area contributed by atoms with Crippen molar-refractivity contribution in [2.45, 2.75) is 11.8 Å².